The number of hydrogen-bond donors (Lipinski definition) is 0. The van der Waals surface area contributed by atoms with Gasteiger partial charge in [0.05, 0.1) is 18.8 Å². The van der Waals surface area contributed by atoms with Crippen LogP contribution in [0.4, 0.5) is 0 Å². The highest BCUT2D eigenvalue weighted by Crippen LogP contribution is 2.50. The van der Waals surface area contributed by atoms with E-state index in [1.165, 1.54) is 22.3 Å². The van der Waals surface area contributed by atoms with Gasteiger partial charge in [0.2, 0.25) is 0 Å². The summed E-state index contributed by atoms with van der Waals surface area (Å²) in [6, 6.07) is 29.7. The molecule has 1 aliphatic carbocycles. The van der Waals surface area contributed by atoms with Crippen molar-refractivity contribution in [1.29, 1.82) is 0 Å². The third kappa shape index (κ3) is 5.81. The zero-order chi connectivity index (χ0) is 29.2. The Hall–Kier alpha value is -3.85. The van der Waals surface area contributed by atoms with E-state index in [1.807, 2.05) is 31.2 Å². The van der Waals surface area contributed by atoms with Crippen LogP contribution in [0.25, 0.3) is 33.4 Å². The Balaban J connectivity index is 1.72. The van der Waals surface area contributed by atoms with E-state index in [-0.39, 0.29) is 16.8 Å². The Morgan fingerprint density at radius 2 is 1.32 bits per heavy atom. The lowest BCUT2D eigenvalue weighted by atomic mass is 9.62. The number of hydrogen-bond acceptors (Lipinski definition) is 3. The fourth-order valence-electron chi connectivity index (χ4n) is 5.97. The van der Waals surface area contributed by atoms with Gasteiger partial charge in [0.15, 0.2) is 0 Å². The van der Waals surface area contributed by atoms with E-state index in [2.05, 4.69) is 95.3 Å². The van der Waals surface area contributed by atoms with Crippen LogP contribution in [0.5, 0.6) is 5.75 Å². The van der Waals surface area contributed by atoms with Crippen LogP contribution in [-0.2, 0) is 15.6 Å². The summed E-state index contributed by atoms with van der Waals surface area (Å²) in [5.41, 5.74) is 10.3. The summed E-state index contributed by atoms with van der Waals surface area (Å²) in [6.07, 6.45) is 3.26. The lowest BCUT2D eigenvalue weighted by Crippen LogP contribution is -2.34. The van der Waals surface area contributed by atoms with Crippen molar-refractivity contribution in [3.05, 3.63) is 102 Å². The number of carbonyl (C=O) groups is 1. The van der Waals surface area contributed by atoms with Crippen LogP contribution in [0.1, 0.15) is 82.3 Å². The van der Waals surface area contributed by atoms with Crippen molar-refractivity contribution in [2.45, 2.75) is 71.6 Å². The molecule has 1 aliphatic rings. The van der Waals surface area contributed by atoms with E-state index in [0.29, 0.717) is 18.8 Å². The Labute approximate surface area is 245 Å². The predicted octanol–water partition coefficient (Wildman–Crippen LogP) is 10.0. The first kappa shape index (κ1) is 28.7. The highest BCUT2D eigenvalue weighted by Gasteiger charge is 2.38. The molecular weight excluding hydrogens is 504 g/mol. The van der Waals surface area contributed by atoms with Gasteiger partial charge < -0.3 is 9.47 Å². The van der Waals surface area contributed by atoms with E-state index in [4.69, 9.17) is 9.47 Å². The van der Waals surface area contributed by atoms with Crippen LogP contribution in [0.2, 0.25) is 0 Å². The topological polar surface area (TPSA) is 35.5 Å². The number of benzene rings is 4. The minimum Gasteiger partial charge on any atom is -0.493 e. The van der Waals surface area contributed by atoms with Gasteiger partial charge in [-0.25, -0.2) is 4.79 Å². The summed E-state index contributed by atoms with van der Waals surface area (Å²) in [6.45, 7) is 14.5. The maximum atomic E-state index is 12.2. The van der Waals surface area contributed by atoms with Gasteiger partial charge in [-0.3, -0.25) is 0 Å². The molecule has 0 aliphatic heterocycles. The van der Waals surface area contributed by atoms with Crippen LogP contribution in [0, 0.1) is 0 Å². The molecule has 3 heteroatoms. The van der Waals surface area contributed by atoms with Gasteiger partial charge in [0.1, 0.15) is 5.75 Å². The van der Waals surface area contributed by atoms with Gasteiger partial charge in [-0.15, -0.1) is 0 Å². The summed E-state index contributed by atoms with van der Waals surface area (Å²) >= 11 is 0. The van der Waals surface area contributed by atoms with Crippen molar-refractivity contribution in [1.82, 2.24) is 0 Å². The normalized spacial score (nSPS) is 15.2. The van der Waals surface area contributed by atoms with Crippen molar-refractivity contribution in [3.63, 3.8) is 0 Å². The molecule has 0 radical (unpaired) electrons. The van der Waals surface area contributed by atoms with Crippen molar-refractivity contribution in [2.24, 2.45) is 0 Å². The first-order chi connectivity index (χ1) is 19.6. The maximum Gasteiger partial charge on any atom is 0.338 e. The smallest absolute Gasteiger partial charge is 0.338 e. The number of fused-ring (bicyclic) bond motifs is 1. The highest BCUT2D eigenvalue weighted by atomic mass is 16.5. The number of ether oxygens (including phenoxy) is 2. The SMILES string of the molecule is CCCOc1cc2c(cc1-c1cc(-c3ccc(C(=O)OCC)cc3)ccc1-c1ccccc1)C(C)(C)CCC2(C)C. The zero-order valence-electron chi connectivity index (χ0n) is 25.3. The molecule has 0 atom stereocenters. The highest BCUT2D eigenvalue weighted by molar-refractivity contribution is 5.92. The summed E-state index contributed by atoms with van der Waals surface area (Å²) < 4.78 is 11.7. The van der Waals surface area contributed by atoms with Crippen molar-refractivity contribution in [2.75, 3.05) is 13.2 Å². The van der Waals surface area contributed by atoms with E-state index < -0.39 is 0 Å². The van der Waals surface area contributed by atoms with E-state index >= 15 is 0 Å². The van der Waals surface area contributed by atoms with Gasteiger partial charge in [0, 0.05) is 5.56 Å². The molecule has 0 amide bonds. The number of rotatable bonds is 8. The molecule has 0 bridgehead atoms. The third-order valence-electron chi connectivity index (χ3n) is 8.54. The quantitative estimate of drug-likeness (QED) is 0.206. The molecule has 0 fully saturated rings. The minimum atomic E-state index is -0.295. The molecular formula is C38H42O3. The summed E-state index contributed by atoms with van der Waals surface area (Å²) in [5, 5.41) is 0. The molecule has 0 aromatic heterocycles. The molecule has 0 heterocycles. The van der Waals surface area contributed by atoms with Gasteiger partial charge >= 0.3 is 5.97 Å². The predicted molar refractivity (Wildman–Crippen MR) is 170 cm³/mol. The summed E-state index contributed by atoms with van der Waals surface area (Å²) in [4.78, 5) is 12.2. The molecule has 3 nitrogen and oxygen atoms in total. The summed E-state index contributed by atoms with van der Waals surface area (Å²) in [5.74, 6) is 0.653. The molecule has 0 spiro atoms. The van der Waals surface area contributed by atoms with Gasteiger partial charge in [-0.1, -0.05) is 89.2 Å². The number of esters is 1. The second kappa shape index (κ2) is 11.6. The lowest BCUT2D eigenvalue weighted by Gasteiger charge is -2.42. The average Bonchev–Trinajstić information content (AvgIpc) is 2.98. The van der Waals surface area contributed by atoms with E-state index in [9.17, 15) is 4.79 Å². The second-order valence-electron chi connectivity index (χ2n) is 12.4. The Morgan fingerprint density at radius 3 is 1.95 bits per heavy atom. The third-order valence-corrected chi connectivity index (χ3v) is 8.54. The molecule has 0 unspecified atom stereocenters. The molecule has 212 valence electrons. The molecule has 0 saturated heterocycles. The molecule has 0 saturated carbocycles. The van der Waals surface area contributed by atoms with Crippen LogP contribution in [0.3, 0.4) is 0 Å². The Morgan fingerprint density at radius 1 is 0.683 bits per heavy atom. The molecule has 4 aromatic rings. The van der Waals surface area contributed by atoms with Crippen molar-refractivity contribution >= 4 is 5.97 Å². The number of carbonyl (C=O) groups excluding carboxylic acids is 1. The van der Waals surface area contributed by atoms with Crippen LogP contribution < -0.4 is 4.74 Å². The first-order valence-electron chi connectivity index (χ1n) is 14.9. The van der Waals surface area contributed by atoms with Gasteiger partial charge in [0.25, 0.3) is 0 Å². The second-order valence-corrected chi connectivity index (χ2v) is 12.4. The van der Waals surface area contributed by atoms with Crippen molar-refractivity contribution < 1.29 is 14.3 Å². The standard InChI is InChI=1S/C38H42O3/c1-7-22-41-35-25-34-33(37(3,4)20-21-38(34,5)6)24-32(35)31-23-29(18-19-30(31)27-12-10-9-11-13-27)26-14-16-28(17-15-26)36(39)40-8-2/h9-19,23-25H,7-8,20-22H2,1-6H3. The lowest BCUT2D eigenvalue weighted by molar-refractivity contribution is 0.0526. The Kier molecular flexibility index (Phi) is 8.09. The van der Waals surface area contributed by atoms with Crippen LogP contribution >= 0.6 is 0 Å². The van der Waals surface area contributed by atoms with Crippen LogP contribution in [0.15, 0.2) is 84.9 Å². The minimum absolute atomic E-state index is 0.0797. The zero-order valence-corrected chi connectivity index (χ0v) is 25.3. The van der Waals surface area contributed by atoms with Gasteiger partial charge in [-0.05, 0) is 106 Å². The molecule has 5 rings (SSSR count). The maximum absolute atomic E-state index is 12.2. The molecule has 41 heavy (non-hydrogen) atoms. The average molecular weight is 547 g/mol. The molecule has 0 N–H and O–H groups in total. The van der Waals surface area contributed by atoms with Crippen molar-refractivity contribution in [3.8, 4) is 39.1 Å². The Bertz CT molecular complexity index is 1530. The molecule has 4 aromatic carbocycles. The fourth-order valence-corrected chi connectivity index (χ4v) is 5.97. The van der Waals surface area contributed by atoms with E-state index in [0.717, 1.165) is 47.3 Å². The van der Waals surface area contributed by atoms with Crippen LogP contribution in [-0.4, -0.2) is 19.2 Å². The fraction of sp³-hybridized carbons (Fsp3) is 0.342. The van der Waals surface area contributed by atoms with Gasteiger partial charge in [-0.2, -0.15) is 0 Å². The first-order valence-corrected chi connectivity index (χ1v) is 14.9. The van der Waals surface area contributed by atoms with E-state index in [1.54, 1.807) is 0 Å². The monoisotopic (exact) mass is 546 g/mol. The largest absolute Gasteiger partial charge is 0.493 e. The summed E-state index contributed by atoms with van der Waals surface area (Å²) in [7, 11) is 0.